The normalized spacial score (nSPS) is 10.6. The minimum absolute atomic E-state index is 0.336. The van der Waals surface area contributed by atoms with E-state index >= 15 is 0 Å². The fraction of sp³-hybridized carbons (Fsp3) is 0.167. The zero-order valence-electron chi connectivity index (χ0n) is 11.6. The van der Waals surface area contributed by atoms with Crippen molar-refractivity contribution in [2.75, 3.05) is 0 Å². The van der Waals surface area contributed by atoms with Crippen molar-refractivity contribution in [3.63, 3.8) is 0 Å². The summed E-state index contributed by atoms with van der Waals surface area (Å²) >= 11 is 2.24. The summed E-state index contributed by atoms with van der Waals surface area (Å²) in [6, 6.07) is 21.6. The van der Waals surface area contributed by atoms with E-state index < -0.39 is 0 Å². The van der Waals surface area contributed by atoms with Gasteiger partial charge >= 0.3 is 135 Å². The van der Waals surface area contributed by atoms with Gasteiger partial charge in [-0.25, -0.2) is 0 Å². The number of unbranched alkanes of at least 4 members (excludes halogenated alkanes) is 1. The molecule has 0 spiro atoms. The van der Waals surface area contributed by atoms with Gasteiger partial charge < -0.3 is 0 Å². The fourth-order valence-electron chi connectivity index (χ4n) is 2.28. The molecule has 0 saturated carbocycles. The average molecular weight is 356 g/mol. The Morgan fingerprint density at radius 2 is 1.76 bits per heavy atom. The van der Waals surface area contributed by atoms with Crippen LogP contribution in [0.15, 0.2) is 54.6 Å². The van der Waals surface area contributed by atoms with E-state index in [0.29, 0.717) is 21.4 Å². The van der Waals surface area contributed by atoms with Gasteiger partial charge in [0.15, 0.2) is 0 Å². The van der Waals surface area contributed by atoms with E-state index in [1.54, 1.807) is 0 Å². The zero-order valence-corrected chi connectivity index (χ0v) is 14.1. The van der Waals surface area contributed by atoms with Crippen molar-refractivity contribution in [1.29, 1.82) is 5.26 Å². The summed E-state index contributed by atoms with van der Waals surface area (Å²) in [4.78, 5) is 1.47. The molecule has 0 atom stereocenters. The predicted molar refractivity (Wildman–Crippen MR) is 91.8 cm³/mol. The summed E-state index contributed by atoms with van der Waals surface area (Å²) in [5, 5.41) is 10.1. The Balaban J connectivity index is 1.97. The molecule has 0 N–H and O–H groups in total. The molecule has 1 nitrogen and oxygen atoms in total. The number of nitrogens with zero attached hydrogens (tertiary/aromatic N) is 1. The van der Waals surface area contributed by atoms with Gasteiger partial charge in [-0.05, 0) is 0 Å². The fourth-order valence-corrected chi connectivity index (χ4v) is 6.22. The van der Waals surface area contributed by atoms with Crippen LogP contribution in [0.2, 0.25) is 0 Å². The first kappa shape index (κ1) is 14.4. The molecule has 0 saturated heterocycles. The minimum atomic E-state index is 0.336. The third kappa shape index (κ3) is 3.36. The molecule has 1 heterocycles. The zero-order chi connectivity index (χ0) is 14.5. The van der Waals surface area contributed by atoms with Gasteiger partial charge in [0.25, 0.3) is 0 Å². The van der Waals surface area contributed by atoms with Gasteiger partial charge in [-0.15, -0.1) is 0 Å². The van der Waals surface area contributed by atoms with Crippen molar-refractivity contribution in [3.8, 4) is 6.07 Å². The third-order valence-electron chi connectivity index (χ3n) is 3.27. The first-order chi connectivity index (χ1) is 10.4. The molecule has 0 radical (unpaired) electrons. The van der Waals surface area contributed by atoms with E-state index in [9.17, 15) is 0 Å². The van der Waals surface area contributed by atoms with Gasteiger partial charge in [-0.1, -0.05) is 0 Å². The molecule has 21 heavy (non-hydrogen) atoms. The molecule has 0 aliphatic rings. The molecule has 1 aromatic heterocycles. The summed E-state index contributed by atoms with van der Waals surface area (Å²) < 4.78 is 4.29. The van der Waals surface area contributed by atoms with E-state index in [1.807, 2.05) is 11.3 Å². The van der Waals surface area contributed by atoms with E-state index in [-0.39, 0.29) is 0 Å². The van der Waals surface area contributed by atoms with Crippen LogP contribution >= 0.6 is 11.3 Å². The molecule has 0 aliphatic carbocycles. The number of nitriles is 1. The van der Waals surface area contributed by atoms with Crippen LogP contribution in [0.1, 0.15) is 17.7 Å². The van der Waals surface area contributed by atoms with Gasteiger partial charge in [-0.3, -0.25) is 0 Å². The Morgan fingerprint density at radius 3 is 2.57 bits per heavy atom. The molecule has 0 aliphatic heterocycles. The van der Waals surface area contributed by atoms with Gasteiger partial charge in [0, 0.05) is 0 Å². The Morgan fingerprint density at radius 1 is 1.00 bits per heavy atom. The first-order valence-electron chi connectivity index (χ1n) is 6.99. The topological polar surface area (TPSA) is 23.8 Å². The number of rotatable bonds is 5. The van der Waals surface area contributed by atoms with Crippen molar-refractivity contribution < 1.29 is 0 Å². The van der Waals surface area contributed by atoms with Crippen molar-refractivity contribution in [3.05, 3.63) is 59.5 Å². The first-order valence-corrected chi connectivity index (χ1v) is 9.51. The second-order valence-electron chi connectivity index (χ2n) is 4.78. The summed E-state index contributed by atoms with van der Waals surface area (Å²) in [6.07, 6.45) is 2.63. The second-order valence-corrected chi connectivity index (χ2v) is 8.19. The van der Waals surface area contributed by atoms with Crippen LogP contribution in [0.5, 0.6) is 0 Å². The van der Waals surface area contributed by atoms with E-state index in [2.05, 4.69) is 60.7 Å². The van der Waals surface area contributed by atoms with Crippen LogP contribution < -0.4 is 8.92 Å². The van der Waals surface area contributed by atoms with Crippen LogP contribution in [0, 0.1) is 11.3 Å². The molecule has 0 amide bonds. The SMILES string of the molecule is N#CCCCc1sc2ccccc2c1[Se]c1ccccc1. The maximum absolute atomic E-state index is 8.75. The number of aryl methyl sites for hydroxylation is 1. The van der Waals surface area contributed by atoms with Gasteiger partial charge in [0.2, 0.25) is 0 Å². The number of thiophene rings is 1. The third-order valence-corrected chi connectivity index (χ3v) is 7.27. The molecular weight excluding hydrogens is 341 g/mol. The molecule has 0 bridgehead atoms. The molecular formula is C18H15NSSe. The molecule has 3 aromatic rings. The van der Waals surface area contributed by atoms with Crippen LogP contribution in [0.4, 0.5) is 0 Å². The molecule has 104 valence electrons. The summed E-state index contributed by atoms with van der Waals surface area (Å²) in [6.45, 7) is 0. The second kappa shape index (κ2) is 6.91. The van der Waals surface area contributed by atoms with Gasteiger partial charge in [0.1, 0.15) is 0 Å². The number of hydrogen-bond donors (Lipinski definition) is 0. The average Bonchev–Trinajstić information content (AvgIpc) is 2.87. The maximum atomic E-state index is 8.75. The molecule has 0 fully saturated rings. The predicted octanol–water partition coefficient (Wildman–Crippen LogP) is 3.40. The standard InChI is InChI=1S/C18H15NSSe/c19-13-7-6-12-17-18(21-14-8-2-1-3-9-14)15-10-4-5-11-16(15)20-17/h1-5,8-11H,6-7,12H2. The van der Waals surface area contributed by atoms with Crippen LogP contribution in [0.3, 0.4) is 0 Å². The summed E-state index contributed by atoms with van der Waals surface area (Å²) in [5.41, 5.74) is 0. The molecule has 0 unspecified atom stereocenters. The Hall–Kier alpha value is -1.59. The van der Waals surface area contributed by atoms with Crippen molar-refractivity contribution in [1.82, 2.24) is 0 Å². The number of hydrogen-bond acceptors (Lipinski definition) is 2. The quantitative estimate of drug-likeness (QED) is 0.508. The van der Waals surface area contributed by atoms with Crippen LogP contribution in [-0.2, 0) is 6.42 Å². The Kier molecular flexibility index (Phi) is 4.72. The Bertz CT molecular complexity index is 771. The van der Waals surface area contributed by atoms with Crippen LogP contribution in [-0.4, -0.2) is 15.0 Å². The number of benzene rings is 2. The molecule has 3 heteroatoms. The van der Waals surface area contributed by atoms with E-state index in [1.165, 1.54) is 23.9 Å². The Labute approximate surface area is 135 Å². The number of fused-ring (bicyclic) bond motifs is 1. The van der Waals surface area contributed by atoms with Crippen molar-refractivity contribution in [2.45, 2.75) is 19.3 Å². The van der Waals surface area contributed by atoms with E-state index in [4.69, 9.17) is 5.26 Å². The molecule has 2 aromatic carbocycles. The van der Waals surface area contributed by atoms with Crippen molar-refractivity contribution in [2.24, 2.45) is 0 Å². The summed E-state index contributed by atoms with van der Waals surface area (Å²) in [5.74, 6) is 0. The monoisotopic (exact) mass is 357 g/mol. The van der Waals surface area contributed by atoms with Gasteiger partial charge in [0.05, 0.1) is 0 Å². The van der Waals surface area contributed by atoms with Crippen molar-refractivity contribution >= 4 is 45.3 Å². The van der Waals surface area contributed by atoms with Crippen LogP contribution in [0.25, 0.3) is 10.1 Å². The summed E-state index contributed by atoms with van der Waals surface area (Å²) in [7, 11) is 0. The van der Waals surface area contributed by atoms with Gasteiger partial charge in [-0.2, -0.15) is 0 Å². The molecule has 3 rings (SSSR count). The van der Waals surface area contributed by atoms with E-state index in [0.717, 1.165) is 12.8 Å².